The Kier molecular flexibility index (Phi) is 6.41. The third-order valence-electron chi connectivity index (χ3n) is 4.33. The van der Waals surface area contributed by atoms with Gasteiger partial charge in [-0.05, 0) is 57.6 Å². The van der Waals surface area contributed by atoms with E-state index in [0.29, 0.717) is 17.8 Å². The van der Waals surface area contributed by atoms with Crippen molar-refractivity contribution in [2.24, 2.45) is 0 Å². The molecule has 0 aliphatic heterocycles. The quantitative estimate of drug-likeness (QED) is 0.477. The minimum atomic E-state index is -0.849. The number of anilines is 1. The molecule has 0 unspecified atom stereocenters. The maximum absolute atomic E-state index is 12.2. The summed E-state index contributed by atoms with van der Waals surface area (Å²) >= 11 is 0. The van der Waals surface area contributed by atoms with Crippen molar-refractivity contribution in [2.45, 2.75) is 52.1 Å². The molecular weight excluding hydrogens is 304 g/mol. The second kappa shape index (κ2) is 8.52. The predicted octanol–water partition coefficient (Wildman–Crippen LogP) is 3.13. The molecule has 0 radical (unpaired) electrons. The average molecular weight is 330 g/mol. The van der Waals surface area contributed by atoms with E-state index >= 15 is 0 Å². The minimum absolute atomic E-state index is 0.286. The zero-order chi connectivity index (χ0) is 17.5. The summed E-state index contributed by atoms with van der Waals surface area (Å²) in [6, 6.07) is 5.16. The summed E-state index contributed by atoms with van der Waals surface area (Å²) in [5, 5.41) is 2.82. The second-order valence-electron chi connectivity index (χ2n) is 6.23. The third-order valence-corrected chi connectivity index (χ3v) is 4.33. The topological polar surface area (TPSA) is 81.4 Å². The van der Waals surface area contributed by atoms with Gasteiger partial charge in [0.2, 0.25) is 0 Å². The Morgan fingerprint density at radius 1 is 1.33 bits per heavy atom. The zero-order valence-corrected chi connectivity index (χ0v) is 14.4. The van der Waals surface area contributed by atoms with Crippen LogP contribution in [0.25, 0.3) is 0 Å². The van der Waals surface area contributed by atoms with Crippen molar-refractivity contribution in [3.63, 3.8) is 0 Å². The number of hydrogen-bond acceptors (Lipinski definition) is 4. The van der Waals surface area contributed by atoms with Crippen LogP contribution in [0, 0.1) is 6.92 Å². The molecule has 1 aliphatic carbocycles. The molecule has 0 spiro atoms. The average Bonchev–Trinajstić information content (AvgIpc) is 2.58. The first-order valence-electron chi connectivity index (χ1n) is 8.50. The molecule has 5 nitrogen and oxygen atoms in total. The van der Waals surface area contributed by atoms with Gasteiger partial charge >= 0.3 is 5.97 Å². The van der Waals surface area contributed by atoms with Crippen LogP contribution >= 0.6 is 0 Å². The standard InChI is InChI=1S/C19H26N2O3/c1-13-7-6-10-16(17(13)20)19(23)24-14(2)18(22)21-12-11-15-8-4-3-5-9-15/h6-8,10,14H,3-5,9,11-12,20H2,1-2H3,(H,21,22)/t14-/m0/s1. The predicted molar refractivity (Wildman–Crippen MR) is 94.6 cm³/mol. The molecule has 0 saturated heterocycles. The zero-order valence-electron chi connectivity index (χ0n) is 14.4. The molecule has 5 heteroatoms. The van der Waals surface area contributed by atoms with Gasteiger partial charge in [-0.1, -0.05) is 23.8 Å². The SMILES string of the molecule is Cc1cccc(C(=O)O[C@@H](C)C(=O)NCCC2=CCCCC2)c1N. The third kappa shape index (κ3) is 4.85. The summed E-state index contributed by atoms with van der Waals surface area (Å²) in [7, 11) is 0. The van der Waals surface area contributed by atoms with Gasteiger partial charge in [0, 0.05) is 12.2 Å². The van der Waals surface area contributed by atoms with Gasteiger partial charge in [-0.3, -0.25) is 4.79 Å². The fraction of sp³-hybridized carbons (Fsp3) is 0.474. The highest BCUT2D eigenvalue weighted by Gasteiger charge is 2.20. The molecule has 1 aromatic rings. The highest BCUT2D eigenvalue weighted by Crippen LogP contribution is 2.20. The largest absolute Gasteiger partial charge is 0.449 e. The number of nitrogens with one attached hydrogen (secondary N) is 1. The molecule has 1 amide bonds. The summed E-state index contributed by atoms with van der Waals surface area (Å²) in [5.74, 6) is -0.861. The highest BCUT2D eigenvalue weighted by atomic mass is 16.5. The van der Waals surface area contributed by atoms with E-state index in [-0.39, 0.29) is 5.91 Å². The number of benzene rings is 1. The number of rotatable bonds is 6. The molecule has 1 aliphatic rings. The first-order chi connectivity index (χ1) is 11.5. The number of ether oxygens (including phenoxy) is 1. The maximum Gasteiger partial charge on any atom is 0.341 e. The van der Waals surface area contributed by atoms with Crippen molar-refractivity contribution in [2.75, 3.05) is 12.3 Å². The van der Waals surface area contributed by atoms with E-state index < -0.39 is 12.1 Å². The Bertz CT molecular complexity index is 637. The molecule has 1 aromatic carbocycles. The van der Waals surface area contributed by atoms with Crippen LogP contribution < -0.4 is 11.1 Å². The van der Waals surface area contributed by atoms with Crippen molar-refractivity contribution in [1.82, 2.24) is 5.32 Å². The summed E-state index contributed by atoms with van der Waals surface area (Å²) < 4.78 is 5.23. The number of allylic oxidation sites excluding steroid dienone is 1. The Morgan fingerprint density at radius 3 is 2.83 bits per heavy atom. The number of nitrogen functional groups attached to an aromatic ring is 1. The number of esters is 1. The molecule has 24 heavy (non-hydrogen) atoms. The van der Waals surface area contributed by atoms with Crippen LogP contribution in [0.2, 0.25) is 0 Å². The van der Waals surface area contributed by atoms with Crippen molar-refractivity contribution < 1.29 is 14.3 Å². The van der Waals surface area contributed by atoms with Gasteiger partial charge in [0.05, 0.1) is 5.56 Å². The monoisotopic (exact) mass is 330 g/mol. The summed E-state index contributed by atoms with van der Waals surface area (Å²) in [5.41, 5.74) is 8.78. The van der Waals surface area contributed by atoms with Crippen LogP contribution in [0.15, 0.2) is 29.8 Å². The number of para-hydroxylation sites is 1. The first-order valence-corrected chi connectivity index (χ1v) is 8.50. The molecule has 0 fully saturated rings. The van der Waals surface area contributed by atoms with E-state index in [4.69, 9.17) is 10.5 Å². The lowest BCUT2D eigenvalue weighted by atomic mass is 9.97. The molecule has 2 rings (SSSR count). The van der Waals surface area contributed by atoms with E-state index in [2.05, 4.69) is 11.4 Å². The van der Waals surface area contributed by atoms with Crippen LogP contribution in [0.5, 0.6) is 0 Å². The van der Waals surface area contributed by atoms with Gasteiger partial charge in [-0.25, -0.2) is 4.79 Å². The fourth-order valence-corrected chi connectivity index (χ4v) is 2.76. The fourth-order valence-electron chi connectivity index (χ4n) is 2.76. The Labute approximate surface area is 143 Å². The number of amides is 1. The summed E-state index contributed by atoms with van der Waals surface area (Å²) in [6.07, 6.45) is 7.01. The van der Waals surface area contributed by atoms with Crippen molar-refractivity contribution in [1.29, 1.82) is 0 Å². The maximum atomic E-state index is 12.2. The van der Waals surface area contributed by atoms with Crippen LogP contribution in [-0.2, 0) is 9.53 Å². The lowest BCUT2D eigenvalue weighted by Gasteiger charge is -2.16. The molecule has 0 bridgehead atoms. The molecule has 0 heterocycles. The van der Waals surface area contributed by atoms with Gasteiger partial charge in [0.1, 0.15) is 0 Å². The molecule has 3 N–H and O–H groups in total. The number of hydrogen-bond donors (Lipinski definition) is 2. The van der Waals surface area contributed by atoms with E-state index in [0.717, 1.165) is 24.8 Å². The van der Waals surface area contributed by atoms with E-state index in [9.17, 15) is 9.59 Å². The van der Waals surface area contributed by atoms with Gasteiger partial charge in [-0.15, -0.1) is 0 Å². The lowest BCUT2D eigenvalue weighted by molar-refractivity contribution is -0.129. The number of carbonyl (C=O) groups excluding carboxylic acids is 2. The Morgan fingerprint density at radius 2 is 2.12 bits per heavy atom. The molecular formula is C19H26N2O3. The Balaban J connectivity index is 1.81. The summed E-state index contributed by atoms with van der Waals surface area (Å²) in [6.45, 7) is 3.96. The second-order valence-corrected chi connectivity index (χ2v) is 6.23. The van der Waals surface area contributed by atoms with E-state index in [1.807, 2.05) is 13.0 Å². The van der Waals surface area contributed by atoms with Crippen LogP contribution in [0.3, 0.4) is 0 Å². The number of carbonyl (C=O) groups is 2. The van der Waals surface area contributed by atoms with Crippen LogP contribution in [0.4, 0.5) is 5.69 Å². The van der Waals surface area contributed by atoms with Crippen molar-refractivity contribution in [3.05, 3.63) is 41.0 Å². The van der Waals surface area contributed by atoms with Gasteiger partial charge in [-0.2, -0.15) is 0 Å². The normalized spacial score (nSPS) is 15.3. The minimum Gasteiger partial charge on any atom is -0.449 e. The van der Waals surface area contributed by atoms with E-state index in [1.54, 1.807) is 19.1 Å². The Hall–Kier alpha value is -2.30. The molecule has 130 valence electrons. The van der Waals surface area contributed by atoms with Crippen LogP contribution in [0.1, 0.15) is 54.9 Å². The van der Waals surface area contributed by atoms with Crippen molar-refractivity contribution in [3.8, 4) is 0 Å². The first kappa shape index (κ1) is 18.0. The number of nitrogens with two attached hydrogens (primary N) is 1. The smallest absolute Gasteiger partial charge is 0.341 e. The molecule has 1 atom stereocenters. The van der Waals surface area contributed by atoms with E-state index in [1.165, 1.54) is 18.4 Å². The highest BCUT2D eigenvalue weighted by molar-refractivity contribution is 5.97. The van der Waals surface area contributed by atoms with Crippen molar-refractivity contribution >= 4 is 17.6 Å². The van der Waals surface area contributed by atoms with Gasteiger partial charge in [0.15, 0.2) is 6.10 Å². The molecule has 0 aromatic heterocycles. The van der Waals surface area contributed by atoms with Crippen LogP contribution in [-0.4, -0.2) is 24.5 Å². The summed E-state index contributed by atoms with van der Waals surface area (Å²) in [4.78, 5) is 24.2. The lowest BCUT2D eigenvalue weighted by Crippen LogP contribution is -2.36. The number of aryl methyl sites for hydroxylation is 1. The molecule has 0 saturated carbocycles. The van der Waals surface area contributed by atoms with Gasteiger partial charge < -0.3 is 15.8 Å². The van der Waals surface area contributed by atoms with Gasteiger partial charge in [0.25, 0.3) is 5.91 Å².